The quantitative estimate of drug-likeness (QED) is 0.647. The number of nitro benzene ring substituents is 1. The highest BCUT2D eigenvalue weighted by molar-refractivity contribution is 9.10. The van der Waals surface area contributed by atoms with Gasteiger partial charge >= 0.3 is 0 Å². The van der Waals surface area contributed by atoms with Crippen molar-refractivity contribution in [3.05, 3.63) is 38.3 Å². The van der Waals surface area contributed by atoms with Gasteiger partial charge < -0.3 is 10.1 Å². The average molecular weight is 317 g/mol. The minimum atomic E-state index is -0.370. The molecule has 0 unspecified atom stereocenters. The van der Waals surface area contributed by atoms with Crippen molar-refractivity contribution in [1.82, 2.24) is 5.32 Å². The predicted molar refractivity (Wildman–Crippen MR) is 73.6 cm³/mol. The first kappa shape index (κ1) is 15.1. The molecule has 0 aromatic heterocycles. The molecule has 6 heteroatoms. The highest BCUT2D eigenvalue weighted by atomic mass is 79.9. The minimum Gasteiger partial charge on any atom is -0.383 e. The summed E-state index contributed by atoms with van der Waals surface area (Å²) >= 11 is 3.24. The number of nitrogens with one attached hydrogen (secondary N) is 1. The minimum absolute atomic E-state index is 0.116. The number of rotatable bonds is 6. The summed E-state index contributed by atoms with van der Waals surface area (Å²) in [5.74, 6) is 0. The molecule has 0 spiro atoms. The largest absolute Gasteiger partial charge is 0.383 e. The molecule has 0 atom stereocenters. The fraction of sp³-hybridized carbons (Fsp3) is 0.500. The molecule has 1 aromatic rings. The zero-order valence-corrected chi connectivity index (χ0v) is 12.3. The summed E-state index contributed by atoms with van der Waals surface area (Å²) < 4.78 is 5.79. The molecule has 0 heterocycles. The second-order valence-electron chi connectivity index (χ2n) is 4.70. The Morgan fingerprint density at radius 2 is 2.17 bits per heavy atom. The molecule has 0 fully saturated rings. The maximum absolute atomic E-state index is 11.0. The predicted octanol–water partition coefficient (Wildman–Crippen LogP) is 2.87. The summed E-state index contributed by atoms with van der Waals surface area (Å²) in [6, 6.07) is 5.06. The van der Waals surface area contributed by atoms with Gasteiger partial charge in [0.15, 0.2) is 0 Å². The highest BCUT2D eigenvalue weighted by Gasteiger charge is 2.19. The van der Waals surface area contributed by atoms with E-state index in [9.17, 15) is 10.1 Å². The number of nitrogens with zero attached hydrogens (tertiary/aromatic N) is 1. The molecule has 5 nitrogen and oxygen atoms in total. The van der Waals surface area contributed by atoms with Gasteiger partial charge in [-0.15, -0.1) is 0 Å². The van der Waals surface area contributed by atoms with Gasteiger partial charge in [-0.2, -0.15) is 0 Å². The Hall–Kier alpha value is -0.980. The van der Waals surface area contributed by atoms with Gasteiger partial charge in [0.2, 0.25) is 0 Å². The van der Waals surface area contributed by atoms with Crippen LogP contribution in [0, 0.1) is 10.1 Å². The molecule has 0 amide bonds. The fourth-order valence-corrected chi connectivity index (χ4v) is 1.95. The van der Waals surface area contributed by atoms with Crippen LogP contribution in [0.15, 0.2) is 22.7 Å². The van der Waals surface area contributed by atoms with E-state index >= 15 is 0 Å². The monoisotopic (exact) mass is 316 g/mol. The lowest BCUT2D eigenvalue weighted by Crippen LogP contribution is -2.42. The van der Waals surface area contributed by atoms with E-state index in [1.54, 1.807) is 19.2 Å². The van der Waals surface area contributed by atoms with E-state index in [0.717, 1.165) is 0 Å². The van der Waals surface area contributed by atoms with Gasteiger partial charge in [0.25, 0.3) is 5.69 Å². The lowest BCUT2D eigenvalue weighted by molar-refractivity contribution is -0.385. The van der Waals surface area contributed by atoms with Gasteiger partial charge in [0, 0.05) is 35.3 Å². The van der Waals surface area contributed by atoms with Crippen LogP contribution in [0.1, 0.15) is 19.4 Å². The summed E-state index contributed by atoms with van der Waals surface area (Å²) in [5.41, 5.74) is 0.549. The number of hydrogen-bond acceptors (Lipinski definition) is 4. The third-order valence-electron chi connectivity index (χ3n) is 2.51. The van der Waals surface area contributed by atoms with E-state index in [2.05, 4.69) is 21.2 Å². The molecule has 0 aliphatic rings. The first-order valence-corrected chi connectivity index (χ1v) is 6.32. The molecule has 0 aliphatic carbocycles. The smallest absolute Gasteiger partial charge is 0.275 e. The van der Waals surface area contributed by atoms with Gasteiger partial charge in [-0.1, -0.05) is 15.9 Å². The van der Waals surface area contributed by atoms with Crippen molar-refractivity contribution < 1.29 is 9.66 Å². The van der Waals surface area contributed by atoms with Crippen LogP contribution in [-0.2, 0) is 11.3 Å². The van der Waals surface area contributed by atoms with E-state index in [-0.39, 0.29) is 16.1 Å². The van der Waals surface area contributed by atoms with Gasteiger partial charge in [0.05, 0.1) is 11.5 Å². The van der Waals surface area contributed by atoms with Crippen molar-refractivity contribution in [1.29, 1.82) is 0 Å². The normalized spacial score (nSPS) is 11.6. The molecular formula is C12H17BrN2O3. The highest BCUT2D eigenvalue weighted by Crippen LogP contribution is 2.23. The van der Waals surface area contributed by atoms with Gasteiger partial charge in [-0.3, -0.25) is 10.1 Å². The molecule has 0 saturated heterocycles. The maximum atomic E-state index is 11.0. The lowest BCUT2D eigenvalue weighted by Gasteiger charge is -2.25. The Labute approximate surface area is 115 Å². The molecule has 0 aliphatic heterocycles. The van der Waals surface area contributed by atoms with Crippen molar-refractivity contribution in [2.75, 3.05) is 13.7 Å². The van der Waals surface area contributed by atoms with Crippen LogP contribution in [0.4, 0.5) is 5.69 Å². The third-order valence-corrected chi connectivity index (χ3v) is 3.00. The second kappa shape index (κ2) is 6.26. The maximum Gasteiger partial charge on any atom is 0.275 e. The van der Waals surface area contributed by atoms with E-state index in [4.69, 9.17) is 4.74 Å². The zero-order chi connectivity index (χ0) is 13.8. The van der Waals surface area contributed by atoms with E-state index in [1.165, 1.54) is 6.07 Å². The number of benzene rings is 1. The number of methoxy groups -OCH3 is 1. The van der Waals surface area contributed by atoms with E-state index in [1.807, 2.05) is 13.8 Å². The van der Waals surface area contributed by atoms with Crippen LogP contribution < -0.4 is 5.32 Å². The van der Waals surface area contributed by atoms with Crippen molar-refractivity contribution in [3.63, 3.8) is 0 Å². The molecule has 18 heavy (non-hydrogen) atoms. The first-order valence-electron chi connectivity index (χ1n) is 5.52. The molecular weight excluding hydrogens is 300 g/mol. The molecule has 1 rings (SSSR count). The fourth-order valence-electron chi connectivity index (χ4n) is 1.60. The lowest BCUT2D eigenvalue weighted by atomic mass is 10.1. The zero-order valence-electron chi connectivity index (χ0n) is 10.7. The Kier molecular flexibility index (Phi) is 5.25. The van der Waals surface area contributed by atoms with Gasteiger partial charge in [0.1, 0.15) is 0 Å². The van der Waals surface area contributed by atoms with Crippen LogP contribution in [0.25, 0.3) is 0 Å². The summed E-state index contributed by atoms with van der Waals surface area (Å²) in [5, 5.41) is 14.2. The van der Waals surface area contributed by atoms with Crippen LogP contribution in [0.2, 0.25) is 0 Å². The number of nitro groups is 1. The van der Waals surface area contributed by atoms with Crippen molar-refractivity contribution in [3.8, 4) is 0 Å². The van der Waals surface area contributed by atoms with E-state index in [0.29, 0.717) is 23.2 Å². The molecule has 0 saturated carbocycles. The Morgan fingerprint density at radius 3 is 2.72 bits per heavy atom. The second-order valence-corrected chi connectivity index (χ2v) is 5.62. The summed E-state index contributed by atoms with van der Waals surface area (Å²) in [4.78, 5) is 10.6. The topological polar surface area (TPSA) is 64.4 Å². The molecule has 100 valence electrons. The van der Waals surface area contributed by atoms with Crippen molar-refractivity contribution in [2.45, 2.75) is 25.9 Å². The summed E-state index contributed by atoms with van der Waals surface area (Å²) in [6.45, 7) is 4.94. The van der Waals surface area contributed by atoms with Gasteiger partial charge in [-0.25, -0.2) is 0 Å². The Balaban J connectivity index is 2.82. The summed E-state index contributed by atoms with van der Waals surface area (Å²) in [7, 11) is 1.63. The molecule has 1 N–H and O–H groups in total. The van der Waals surface area contributed by atoms with E-state index < -0.39 is 0 Å². The van der Waals surface area contributed by atoms with Crippen molar-refractivity contribution in [2.24, 2.45) is 0 Å². The van der Waals surface area contributed by atoms with Crippen molar-refractivity contribution >= 4 is 21.6 Å². The number of hydrogen-bond donors (Lipinski definition) is 1. The standard InChI is InChI=1S/C12H17BrN2O3/c1-12(2,8-18-3)14-7-9-4-5-10(13)6-11(9)15(16)17/h4-6,14H,7-8H2,1-3H3. The summed E-state index contributed by atoms with van der Waals surface area (Å²) in [6.07, 6.45) is 0. The molecule has 1 aromatic carbocycles. The van der Waals surface area contributed by atoms with Gasteiger partial charge in [-0.05, 0) is 26.0 Å². The Bertz CT molecular complexity index is 435. The van der Waals surface area contributed by atoms with Crippen LogP contribution in [-0.4, -0.2) is 24.2 Å². The SMILES string of the molecule is COCC(C)(C)NCc1ccc(Br)cc1[N+](=O)[O-]. The molecule has 0 bridgehead atoms. The van der Waals surface area contributed by atoms with Crippen LogP contribution in [0.5, 0.6) is 0 Å². The van der Waals surface area contributed by atoms with Crippen LogP contribution in [0.3, 0.4) is 0 Å². The molecule has 0 radical (unpaired) electrons. The average Bonchev–Trinajstić information content (AvgIpc) is 2.27. The number of ether oxygens (including phenoxy) is 1. The van der Waals surface area contributed by atoms with Crippen LogP contribution >= 0.6 is 15.9 Å². The first-order chi connectivity index (χ1) is 8.35. The Morgan fingerprint density at radius 1 is 1.50 bits per heavy atom. The third kappa shape index (κ3) is 4.36. The number of halogens is 1.